The first-order valence-corrected chi connectivity index (χ1v) is 8.13. The fraction of sp³-hybridized carbons (Fsp3) is 0.625. The molecule has 2 saturated heterocycles. The number of amides is 1. The third kappa shape index (κ3) is 2.92. The standard InChI is InChI=1S/C16H21ClN2O2/c1-2-3-11-6-10(7-15(17)18-11)16(21)19-12-4-5-13(19)9-14(20)8-12/h6-7,12-14,20H,2-5,8-9H2,1H3. The molecule has 4 nitrogen and oxygen atoms in total. The SMILES string of the molecule is CCCc1cc(C(=O)N2C3CCC2CC(O)C3)cc(Cl)n1. The number of hydrogen-bond donors (Lipinski definition) is 1. The molecule has 3 rings (SSSR count). The van der Waals surface area contributed by atoms with Gasteiger partial charge in [0.2, 0.25) is 0 Å². The van der Waals surface area contributed by atoms with Gasteiger partial charge in [-0.15, -0.1) is 0 Å². The Kier molecular flexibility index (Phi) is 4.18. The Balaban J connectivity index is 1.85. The molecule has 2 aliphatic heterocycles. The number of halogens is 1. The molecule has 1 N–H and O–H groups in total. The van der Waals surface area contributed by atoms with Crippen LogP contribution in [0.5, 0.6) is 0 Å². The summed E-state index contributed by atoms with van der Waals surface area (Å²) in [6.45, 7) is 2.08. The van der Waals surface area contributed by atoms with Crippen LogP contribution in [0.2, 0.25) is 5.15 Å². The van der Waals surface area contributed by atoms with Crippen molar-refractivity contribution in [2.75, 3.05) is 0 Å². The molecule has 2 aliphatic rings. The highest BCUT2D eigenvalue weighted by Gasteiger charge is 2.43. The van der Waals surface area contributed by atoms with Crippen molar-refractivity contribution in [3.63, 3.8) is 0 Å². The van der Waals surface area contributed by atoms with Crippen LogP contribution in [-0.2, 0) is 6.42 Å². The Morgan fingerprint density at radius 3 is 2.67 bits per heavy atom. The smallest absolute Gasteiger partial charge is 0.254 e. The van der Waals surface area contributed by atoms with Gasteiger partial charge in [0.15, 0.2) is 0 Å². The number of pyridine rings is 1. The molecular weight excluding hydrogens is 288 g/mol. The van der Waals surface area contributed by atoms with Gasteiger partial charge in [0.05, 0.1) is 6.10 Å². The van der Waals surface area contributed by atoms with E-state index in [2.05, 4.69) is 11.9 Å². The third-order valence-electron chi connectivity index (χ3n) is 4.54. The van der Waals surface area contributed by atoms with Gasteiger partial charge in [0.1, 0.15) is 5.15 Å². The molecule has 3 heterocycles. The molecule has 2 fully saturated rings. The van der Waals surface area contributed by atoms with Gasteiger partial charge in [-0.2, -0.15) is 0 Å². The number of fused-ring (bicyclic) bond motifs is 2. The highest BCUT2D eigenvalue weighted by Crippen LogP contribution is 2.36. The maximum absolute atomic E-state index is 12.8. The number of rotatable bonds is 3. The van der Waals surface area contributed by atoms with E-state index in [1.54, 1.807) is 6.07 Å². The Morgan fingerprint density at radius 1 is 1.38 bits per heavy atom. The quantitative estimate of drug-likeness (QED) is 0.874. The Morgan fingerprint density at radius 2 is 2.05 bits per heavy atom. The lowest BCUT2D eigenvalue weighted by Gasteiger charge is -2.37. The minimum atomic E-state index is -0.261. The van der Waals surface area contributed by atoms with Gasteiger partial charge < -0.3 is 10.0 Å². The van der Waals surface area contributed by atoms with Gasteiger partial charge in [0, 0.05) is 23.3 Å². The van der Waals surface area contributed by atoms with E-state index in [-0.39, 0.29) is 24.1 Å². The van der Waals surface area contributed by atoms with Crippen LogP contribution >= 0.6 is 11.6 Å². The summed E-state index contributed by atoms with van der Waals surface area (Å²) >= 11 is 6.06. The lowest BCUT2D eigenvalue weighted by molar-refractivity contribution is 0.0286. The summed E-state index contributed by atoms with van der Waals surface area (Å²) in [6, 6.07) is 3.87. The zero-order valence-corrected chi connectivity index (χ0v) is 13.0. The second-order valence-corrected chi connectivity index (χ2v) is 6.53. The minimum Gasteiger partial charge on any atom is -0.393 e. The molecule has 2 unspecified atom stereocenters. The van der Waals surface area contributed by atoms with E-state index in [0.717, 1.165) is 31.4 Å². The predicted molar refractivity (Wildman–Crippen MR) is 81.5 cm³/mol. The molecule has 21 heavy (non-hydrogen) atoms. The van der Waals surface area contributed by atoms with Gasteiger partial charge in [-0.25, -0.2) is 4.98 Å². The summed E-state index contributed by atoms with van der Waals surface area (Å²) in [5.74, 6) is 0.0380. The summed E-state index contributed by atoms with van der Waals surface area (Å²) in [7, 11) is 0. The van der Waals surface area contributed by atoms with E-state index < -0.39 is 0 Å². The van der Waals surface area contributed by atoms with Gasteiger partial charge in [-0.3, -0.25) is 4.79 Å². The summed E-state index contributed by atoms with van der Waals surface area (Å²) in [6.07, 6.45) is 4.92. The van der Waals surface area contributed by atoms with Gasteiger partial charge in [-0.05, 0) is 44.2 Å². The number of aromatic nitrogens is 1. The van der Waals surface area contributed by atoms with Crippen LogP contribution in [0.1, 0.15) is 55.1 Å². The van der Waals surface area contributed by atoms with Crippen LogP contribution in [0.15, 0.2) is 12.1 Å². The summed E-state index contributed by atoms with van der Waals surface area (Å²) in [5, 5.41) is 10.2. The maximum atomic E-state index is 12.8. The molecule has 1 amide bonds. The van der Waals surface area contributed by atoms with E-state index in [1.165, 1.54) is 0 Å². The zero-order chi connectivity index (χ0) is 15.0. The van der Waals surface area contributed by atoms with E-state index >= 15 is 0 Å². The zero-order valence-electron chi connectivity index (χ0n) is 12.3. The van der Waals surface area contributed by atoms with Crippen LogP contribution in [0.3, 0.4) is 0 Å². The molecule has 0 aromatic carbocycles. The third-order valence-corrected chi connectivity index (χ3v) is 4.74. The molecule has 0 spiro atoms. The van der Waals surface area contributed by atoms with Crippen molar-refractivity contribution in [3.8, 4) is 0 Å². The van der Waals surface area contributed by atoms with Crippen molar-refractivity contribution < 1.29 is 9.90 Å². The van der Waals surface area contributed by atoms with Crippen LogP contribution < -0.4 is 0 Å². The van der Waals surface area contributed by atoms with Gasteiger partial charge in [-0.1, -0.05) is 24.9 Å². The highest BCUT2D eigenvalue weighted by atomic mass is 35.5. The van der Waals surface area contributed by atoms with Crippen molar-refractivity contribution >= 4 is 17.5 Å². The first-order chi connectivity index (χ1) is 10.1. The second kappa shape index (κ2) is 5.93. The normalized spacial score (nSPS) is 28.0. The number of piperidine rings is 1. The summed E-state index contributed by atoms with van der Waals surface area (Å²) in [5.41, 5.74) is 1.50. The second-order valence-electron chi connectivity index (χ2n) is 6.14. The number of aliphatic hydroxyl groups is 1. The lowest BCUT2D eigenvalue weighted by Crippen LogP contribution is -2.48. The molecule has 114 valence electrons. The molecule has 2 bridgehead atoms. The molecular formula is C16H21ClN2O2. The van der Waals surface area contributed by atoms with Crippen LogP contribution in [0, 0.1) is 0 Å². The molecule has 2 atom stereocenters. The Labute approximate surface area is 130 Å². The number of nitrogens with zero attached hydrogens (tertiary/aromatic N) is 2. The van der Waals surface area contributed by atoms with E-state index in [9.17, 15) is 9.90 Å². The van der Waals surface area contributed by atoms with E-state index in [0.29, 0.717) is 23.6 Å². The maximum Gasteiger partial charge on any atom is 0.254 e. The lowest BCUT2D eigenvalue weighted by atomic mass is 9.98. The van der Waals surface area contributed by atoms with Gasteiger partial charge in [0.25, 0.3) is 5.91 Å². The largest absolute Gasteiger partial charge is 0.393 e. The summed E-state index contributed by atoms with van der Waals surface area (Å²) < 4.78 is 0. The van der Waals surface area contributed by atoms with Crippen LogP contribution in [0.25, 0.3) is 0 Å². The monoisotopic (exact) mass is 308 g/mol. The van der Waals surface area contributed by atoms with Crippen molar-refractivity contribution in [1.29, 1.82) is 0 Å². The fourth-order valence-corrected chi connectivity index (χ4v) is 3.91. The molecule has 0 aliphatic carbocycles. The molecule has 0 radical (unpaired) electrons. The van der Waals surface area contributed by atoms with Gasteiger partial charge >= 0.3 is 0 Å². The predicted octanol–water partition coefficient (Wildman–Crippen LogP) is 2.82. The molecule has 1 aromatic heterocycles. The van der Waals surface area contributed by atoms with E-state index in [1.807, 2.05) is 11.0 Å². The number of aliphatic hydroxyl groups excluding tert-OH is 1. The Hall–Kier alpha value is -1.13. The van der Waals surface area contributed by atoms with Crippen LogP contribution in [0.4, 0.5) is 0 Å². The Bertz CT molecular complexity index is 535. The summed E-state index contributed by atoms with van der Waals surface area (Å²) in [4.78, 5) is 19.1. The van der Waals surface area contributed by atoms with Crippen molar-refractivity contribution in [2.45, 2.75) is 63.6 Å². The molecule has 5 heteroatoms. The molecule has 1 aromatic rings. The number of aryl methyl sites for hydroxylation is 1. The number of carbonyl (C=O) groups is 1. The first-order valence-electron chi connectivity index (χ1n) is 7.75. The van der Waals surface area contributed by atoms with Crippen molar-refractivity contribution in [2.24, 2.45) is 0 Å². The highest BCUT2D eigenvalue weighted by molar-refractivity contribution is 6.29. The van der Waals surface area contributed by atoms with E-state index in [4.69, 9.17) is 11.6 Å². The average Bonchev–Trinajstić information content (AvgIpc) is 2.70. The first kappa shape index (κ1) is 14.8. The van der Waals surface area contributed by atoms with Crippen molar-refractivity contribution in [3.05, 3.63) is 28.5 Å². The number of hydrogen-bond acceptors (Lipinski definition) is 3. The average molecular weight is 309 g/mol. The topological polar surface area (TPSA) is 53.4 Å². The fourth-order valence-electron chi connectivity index (χ4n) is 3.69. The van der Waals surface area contributed by atoms with Crippen LogP contribution in [-0.4, -0.2) is 39.1 Å². The number of carbonyl (C=O) groups excluding carboxylic acids is 1. The van der Waals surface area contributed by atoms with Crippen molar-refractivity contribution in [1.82, 2.24) is 9.88 Å². The minimum absolute atomic E-state index is 0.0380. The molecule has 0 saturated carbocycles.